The summed E-state index contributed by atoms with van der Waals surface area (Å²) in [6, 6.07) is 11.8. The quantitative estimate of drug-likeness (QED) is 0.390. The maximum absolute atomic E-state index is 8.59. The van der Waals surface area contributed by atoms with Crippen LogP contribution >= 0.6 is 15.9 Å². The normalized spacial score (nSPS) is 11.4. The molecule has 0 atom stereocenters. The van der Waals surface area contributed by atoms with E-state index < -0.39 is 0 Å². The van der Waals surface area contributed by atoms with Gasteiger partial charge in [-0.25, -0.2) is 0 Å². The van der Waals surface area contributed by atoms with Gasteiger partial charge in [-0.2, -0.15) is 0 Å². The lowest BCUT2D eigenvalue weighted by Gasteiger charge is -2.19. The number of benzene rings is 1. The standard InChI is InChI=1S/C14H15BrN4O/c1-19(9-10-2-4-11(15)5-3-10)12-6-7-13(17-8-12)14(16)18-20/h2-8,20H,9H2,1H3,(H2,16,18). The molecule has 1 heterocycles. The number of oxime groups is 1. The number of halogens is 1. The lowest BCUT2D eigenvalue weighted by Crippen LogP contribution is -2.18. The molecule has 0 radical (unpaired) electrons. The Morgan fingerprint density at radius 3 is 2.55 bits per heavy atom. The number of amidine groups is 1. The van der Waals surface area contributed by atoms with E-state index in [-0.39, 0.29) is 5.84 Å². The number of anilines is 1. The smallest absolute Gasteiger partial charge is 0.188 e. The highest BCUT2D eigenvalue weighted by Crippen LogP contribution is 2.16. The Bertz CT molecular complexity index is 596. The van der Waals surface area contributed by atoms with E-state index >= 15 is 0 Å². The third kappa shape index (κ3) is 3.48. The van der Waals surface area contributed by atoms with Crippen molar-refractivity contribution < 1.29 is 5.21 Å². The van der Waals surface area contributed by atoms with Gasteiger partial charge in [-0.3, -0.25) is 4.98 Å². The van der Waals surface area contributed by atoms with E-state index in [2.05, 4.69) is 43.1 Å². The zero-order valence-corrected chi connectivity index (χ0v) is 12.6. The summed E-state index contributed by atoms with van der Waals surface area (Å²) in [7, 11) is 1.99. The van der Waals surface area contributed by atoms with Crippen molar-refractivity contribution in [3.05, 3.63) is 58.3 Å². The van der Waals surface area contributed by atoms with Crippen LogP contribution in [0.25, 0.3) is 0 Å². The number of aromatic nitrogens is 1. The molecule has 20 heavy (non-hydrogen) atoms. The predicted molar refractivity (Wildman–Crippen MR) is 83.0 cm³/mol. The number of nitrogens with zero attached hydrogens (tertiary/aromatic N) is 3. The van der Waals surface area contributed by atoms with Crippen molar-refractivity contribution in [1.82, 2.24) is 4.98 Å². The third-order valence-corrected chi connectivity index (χ3v) is 3.42. The monoisotopic (exact) mass is 334 g/mol. The van der Waals surface area contributed by atoms with Gasteiger partial charge in [0.25, 0.3) is 0 Å². The second-order valence-electron chi connectivity index (χ2n) is 4.37. The third-order valence-electron chi connectivity index (χ3n) is 2.89. The fraction of sp³-hybridized carbons (Fsp3) is 0.143. The van der Waals surface area contributed by atoms with Crippen molar-refractivity contribution in [2.75, 3.05) is 11.9 Å². The SMILES string of the molecule is CN(Cc1ccc(Br)cc1)c1ccc(/C(N)=N/O)nc1. The Morgan fingerprint density at radius 1 is 1.30 bits per heavy atom. The summed E-state index contributed by atoms with van der Waals surface area (Å²) in [6.45, 7) is 0.776. The molecule has 104 valence electrons. The Balaban J connectivity index is 2.09. The van der Waals surface area contributed by atoms with Gasteiger partial charge in [-0.05, 0) is 29.8 Å². The second-order valence-corrected chi connectivity index (χ2v) is 5.29. The van der Waals surface area contributed by atoms with Gasteiger partial charge in [0.1, 0.15) is 5.69 Å². The minimum atomic E-state index is 0.00659. The molecule has 1 aromatic carbocycles. The summed E-state index contributed by atoms with van der Waals surface area (Å²) < 4.78 is 1.06. The topological polar surface area (TPSA) is 74.7 Å². The van der Waals surface area contributed by atoms with Crippen molar-refractivity contribution in [3.8, 4) is 0 Å². The average Bonchev–Trinajstić information content (AvgIpc) is 2.49. The van der Waals surface area contributed by atoms with Crippen LogP contribution in [-0.2, 0) is 6.54 Å². The van der Waals surface area contributed by atoms with Gasteiger partial charge < -0.3 is 15.8 Å². The molecule has 5 nitrogen and oxygen atoms in total. The molecule has 0 saturated heterocycles. The Labute approximate surface area is 125 Å². The van der Waals surface area contributed by atoms with E-state index in [1.807, 2.05) is 25.2 Å². The van der Waals surface area contributed by atoms with Crippen LogP contribution in [0.15, 0.2) is 52.2 Å². The van der Waals surface area contributed by atoms with E-state index in [1.54, 1.807) is 12.3 Å². The van der Waals surface area contributed by atoms with Crippen molar-refractivity contribution in [3.63, 3.8) is 0 Å². The van der Waals surface area contributed by atoms with Gasteiger partial charge in [-0.15, -0.1) is 0 Å². The highest BCUT2D eigenvalue weighted by molar-refractivity contribution is 9.10. The van der Waals surface area contributed by atoms with Crippen LogP contribution in [-0.4, -0.2) is 23.1 Å². The van der Waals surface area contributed by atoms with Gasteiger partial charge in [0, 0.05) is 18.1 Å². The van der Waals surface area contributed by atoms with Crippen molar-refractivity contribution in [2.24, 2.45) is 10.9 Å². The molecule has 0 fully saturated rings. The van der Waals surface area contributed by atoms with Crippen LogP contribution in [0, 0.1) is 0 Å². The van der Waals surface area contributed by atoms with Gasteiger partial charge in [0.15, 0.2) is 5.84 Å². The molecule has 0 unspecified atom stereocenters. The fourth-order valence-corrected chi connectivity index (χ4v) is 2.03. The molecule has 0 spiro atoms. The minimum absolute atomic E-state index is 0.00659. The number of rotatable bonds is 4. The molecule has 6 heteroatoms. The molecular weight excluding hydrogens is 320 g/mol. The first-order valence-corrected chi connectivity index (χ1v) is 6.79. The summed E-state index contributed by atoms with van der Waals surface area (Å²) in [5.41, 5.74) is 8.10. The van der Waals surface area contributed by atoms with E-state index in [4.69, 9.17) is 10.9 Å². The lowest BCUT2D eigenvalue weighted by molar-refractivity contribution is 0.318. The molecule has 0 aliphatic carbocycles. The highest BCUT2D eigenvalue weighted by atomic mass is 79.9. The van der Waals surface area contributed by atoms with Crippen molar-refractivity contribution >= 4 is 27.5 Å². The van der Waals surface area contributed by atoms with Gasteiger partial charge in [0.05, 0.1) is 11.9 Å². The zero-order valence-electron chi connectivity index (χ0n) is 11.0. The van der Waals surface area contributed by atoms with Crippen LogP contribution in [0.1, 0.15) is 11.3 Å². The minimum Gasteiger partial charge on any atom is -0.409 e. The predicted octanol–water partition coefficient (Wildman–Crippen LogP) is 2.58. The molecule has 0 bridgehead atoms. The maximum atomic E-state index is 8.59. The molecule has 1 aromatic heterocycles. The van der Waals surface area contributed by atoms with Crippen LogP contribution < -0.4 is 10.6 Å². The van der Waals surface area contributed by atoms with Crippen LogP contribution in [0.5, 0.6) is 0 Å². The molecule has 3 N–H and O–H groups in total. The Kier molecular flexibility index (Phi) is 4.57. The number of hydrogen-bond acceptors (Lipinski definition) is 4. The van der Waals surface area contributed by atoms with Gasteiger partial charge in [0.2, 0.25) is 0 Å². The molecule has 0 aliphatic heterocycles. The largest absolute Gasteiger partial charge is 0.409 e. The Hall–Kier alpha value is -2.08. The van der Waals surface area contributed by atoms with Crippen LogP contribution in [0.4, 0.5) is 5.69 Å². The average molecular weight is 335 g/mol. The van der Waals surface area contributed by atoms with Crippen molar-refractivity contribution in [2.45, 2.75) is 6.54 Å². The Morgan fingerprint density at radius 2 is 2.00 bits per heavy atom. The number of pyridine rings is 1. The molecule has 0 amide bonds. The van der Waals surface area contributed by atoms with Crippen molar-refractivity contribution in [1.29, 1.82) is 0 Å². The van der Waals surface area contributed by atoms with Crippen LogP contribution in [0.3, 0.4) is 0 Å². The van der Waals surface area contributed by atoms with Gasteiger partial charge >= 0.3 is 0 Å². The first-order valence-electron chi connectivity index (χ1n) is 5.99. The van der Waals surface area contributed by atoms with Crippen LogP contribution in [0.2, 0.25) is 0 Å². The molecule has 0 aliphatic rings. The summed E-state index contributed by atoms with van der Waals surface area (Å²) in [5.74, 6) is 0.00659. The molecule has 2 aromatic rings. The molecule has 0 saturated carbocycles. The van der Waals surface area contributed by atoms with Gasteiger partial charge in [-0.1, -0.05) is 33.2 Å². The zero-order chi connectivity index (χ0) is 14.5. The van der Waals surface area contributed by atoms with E-state index in [0.717, 1.165) is 16.7 Å². The first kappa shape index (κ1) is 14.3. The number of hydrogen-bond donors (Lipinski definition) is 2. The second kappa shape index (κ2) is 6.38. The summed E-state index contributed by atoms with van der Waals surface area (Å²) in [4.78, 5) is 6.24. The summed E-state index contributed by atoms with van der Waals surface area (Å²) in [5, 5.41) is 11.5. The number of nitrogens with two attached hydrogens (primary N) is 1. The lowest BCUT2D eigenvalue weighted by atomic mass is 10.2. The highest BCUT2D eigenvalue weighted by Gasteiger charge is 2.05. The van der Waals surface area contributed by atoms with E-state index in [9.17, 15) is 0 Å². The first-order chi connectivity index (χ1) is 9.60. The summed E-state index contributed by atoms with van der Waals surface area (Å²) in [6.07, 6.45) is 1.70. The molecular formula is C14H15BrN4O. The molecule has 2 rings (SSSR count). The maximum Gasteiger partial charge on any atom is 0.188 e. The summed E-state index contributed by atoms with van der Waals surface area (Å²) >= 11 is 3.42. The van der Waals surface area contributed by atoms with E-state index in [1.165, 1.54) is 5.56 Å². The van der Waals surface area contributed by atoms with E-state index in [0.29, 0.717) is 5.69 Å². The fourth-order valence-electron chi connectivity index (χ4n) is 1.77.